The molecular formula is C19H18N4OS. The van der Waals surface area contributed by atoms with Crippen molar-refractivity contribution < 1.29 is 4.79 Å². The van der Waals surface area contributed by atoms with Gasteiger partial charge in [-0.15, -0.1) is 11.3 Å². The van der Waals surface area contributed by atoms with Gasteiger partial charge in [-0.1, -0.05) is 29.8 Å². The van der Waals surface area contributed by atoms with Crippen LogP contribution in [-0.2, 0) is 17.8 Å². The highest BCUT2D eigenvalue weighted by molar-refractivity contribution is 7.19. The van der Waals surface area contributed by atoms with Crippen molar-refractivity contribution >= 4 is 39.4 Å². The Hall–Kier alpha value is -2.73. The SMILES string of the molecule is Cc1ccc(C=CC(=O)N2CCc3c(sc4ncnc(N)c34)C2)cc1. The van der Waals surface area contributed by atoms with E-state index in [0.29, 0.717) is 18.9 Å². The maximum absolute atomic E-state index is 12.5. The largest absolute Gasteiger partial charge is 0.383 e. The molecular weight excluding hydrogens is 332 g/mol. The van der Waals surface area contributed by atoms with Crippen molar-refractivity contribution in [2.24, 2.45) is 0 Å². The highest BCUT2D eigenvalue weighted by Crippen LogP contribution is 2.36. The molecule has 0 fully saturated rings. The second-order valence-electron chi connectivity index (χ2n) is 6.20. The van der Waals surface area contributed by atoms with Crippen molar-refractivity contribution in [3.63, 3.8) is 0 Å². The Morgan fingerprint density at radius 3 is 2.88 bits per heavy atom. The molecule has 126 valence electrons. The summed E-state index contributed by atoms with van der Waals surface area (Å²) in [7, 11) is 0. The number of carbonyl (C=O) groups excluding carboxylic acids is 1. The predicted octanol–water partition coefficient (Wildman–Crippen LogP) is 3.18. The highest BCUT2D eigenvalue weighted by atomic mass is 32.1. The normalized spacial score (nSPS) is 14.2. The van der Waals surface area contributed by atoms with Crippen LogP contribution in [0.3, 0.4) is 0 Å². The summed E-state index contributed by atoms with van der Waals surface area (Å²) < 4.78 is 0. The van der Waals surface area contributed by atoms with E-state index in [2.05, 4.69) is 9.97 Å². The lowest BCUT2D eigenvalue weighted by Gasteiger charge is -2.26. The van der Waals surface area contributed by atoms with Gasteiger partial charge in [-0.25, -0.2) is 9.97 Å². The van der Waals surface area contributed by atoms with Crippen LogP contribution >= 0.6 is 11.3 Å². The Morgan fingerprint density at radius 1 is 1.28 bits per heavy atom. The third-order valence-corrected chi connectivity index (χ3v) is 5.60. The molecule has 1 amide bonds. The summed E-state index contributed by atoms with van der Waals surface area (Å²) in [5.41, 5.74) is 9.44. The van der Waals surface area contributed by atoms with Crippen LogP contribution in [0.4, 0.5) is 5.82 Å². The summed E-state index contributed by atoms with van der Waals surface area (Å²) in [5.74, 6) is 0.560. The molecule has 1 aliphatic heterocycles. The number of benzene rings is 1. The first-order valence-corrected chi connectivity index (χ1v) is 8.98. The quantitative estimate of drug-likeness (QED) is 0.721. The Balaban J connectivity index is 1.54. The summed E-state index contributed by atoms with van der Waals surface area (Å²) >= 11 is 1.60. The van der Waals surface area contributed by atoms with Crippen molar-refractivity contribution in [3.05, 3.63) is 58.2 Å². The summed E-state index contributed by atoms with van der Waals surface area (Å²) in [4.78, 5) is 24.9. The number of nitrogens with two attached hydrogens (primary N) is 1. The zero-order valence-electron chi connectivity index (χ0n) is 13.9. The number of carbonyl (C=O) groups is 1. The smallest absolute Gasteiger partial charge is 0.246 e. The number of anilines is 1. The van der Waals surface area contributed by atoms with Crippen LogP contribution in [0.1, 0.15) is 21.6 Å². The van der Waals surface area contributed by atoms with E-state index < -0.39 is 0 Å². The highest BCUT2D eigenvalue weighted by Gasteiger charge is 2.24. The number of hydrogen-bond acceptors (Lipinski definition) is 5. The molecule has 0 aliphatic carbocycles. The molecule has 0 saturated heterocycles. The van der Waals surface area contributed by atoms with Crippen LogP contribution in [0.15, 0.2) is 36.7 Å². The number of nitrogen functional groups attached to an aromatic ring is 1. The number of amides is 1. The average Bonchev–Trinajstić information content (AvgIpc) is 3.00. The Bertz CT molecular complexity index is 975. The molecule has 1 aliphatic rings. The van der Waals surface area contributed by atoms with E-state index in [1.54, 1.807) is 17.4 Å². The number of hydrogen-bond donors (Lipinski definition) is 1. The first kappa shape index (κ1) is 15.8. The molecule has 3 aromatic rings. The van der Waals surface area contributed by atoms with Crippen LogP contribution in [0.25, 0.3) is 16.3 Å². The molecule has 0 bridgehead atoms. The van der Waals surface area contributed by atoms with Gasteiger partial charge < -0.3 is 10.6 Å². The van der Waals surface area contributed by atoms with Crippen LogP contribution in [0.5, 0.6) is 0 Å². The standard InChI is InChI=1S/C19H18N4OS/c1-12-2-4-13(5-3-12)6-7-16(24)23-9-8-14-15(10-23)25-19-17(14)18(20)21-11-22-19/h2-7,11H,8-10H2,1H3,(H2,20,21,22). The molecule has 4 rings (SSSR count). The van der Waals surface area contributed by atoms with Crippen LogP contribution in [0.2, 0.25) is 0 Å². The maximum Gasteiger partial charge on any atom is 0.246 e. The predicted molar refractivity (Wildman–Crippen MR) is 101 cm³/mol. The number of aryl methyl sites for hydroxylation is 1. The zero-order valence-corrected chi connectivity index (χ0v) is 14.7. The number of nitrogens with zero attached hydrogens (tertiary/aromatic N) is 3. The fourth-order valence-corrected chi connectivity index (χ4v) is 4.30. The zero-order chi connectivity index (χ0) is 17.4. The van der Waals surface area contributed by atoms with Gasteiger partial charge in [0.2, 0.25) is 5.91 Å². The molecule has 5 nitrogen and oxygen atoms in total. The number of aromatic nitrogens is 2. The van der Waals surface area contributed by atoms with Crippen LogP contribution < -0.4 is 5.73 Å². The van der Waals surface area contributed by atoms with Crippen molar-refractivity contribution in [3.8, 4) is 0 Å². The van der Waals surface area contributed by atoms with E-state index in [0.717, 1.165) is 27.1 Å². The molecule has 0 spiro atoms. The number of rotatable bonds is 2. The molecule has 0 unspecified atom stereocenters. The Kier molecular flexibility index (Phi) is 3.97. The van der Waals surface area contributed by atoms with Gasteiger partial charge in [-0.3, -0.25) is 4.79 Å². The van der Waals surface area contributed by atoms with Crippen molar-refractivity contribution in [2.45, 2.75) is 19.9 Å². The van der Waals surface area contributed by atoms with Gasteiger partial charge in [-0.2, -0.15) is 0 Å². The summed E-state index contributed by atoms with van der Waals surface area (Å²) in [5, 5.41) is 0.963. The first-order valence-electron chi connectivity index (χ1n) is 8.16. The molecule has 25 heavy (non-hydrogen) atoms. The second-order valence-corrected chi connectivity index (χ2v) is 7.28. The average molecular weight is 350 g/mol. The lowest BCUT2D eigenvalue weighted by Crippen LogP contribution is -2.34. The minimum absolute atomic E-state index is 0.0303. The van der Waals surface area contributed by atoms with Gasteiger partial charge in [0, 0.05) is 17.5 Å². The molecule has 2 N–H and O–H groups in total. The molecule has 0 radical (unpaired) electrons. The second kappa shape index (κ2) is 6.29. The van der Waals surface area contributed by atoms with Crippen molar-refractivity contribution in [2.75, 3.05) is 12.3 Å². The molecule has 2 aromatic heterocycles. The first-order chi connectivity index (χ1) is 12.1. The fraction of sp³-hybridized carbons (Fsp3) is 0.211. The summed E-state index contributed by atoms with van der Waals surface area (Å²) in [6.45, 7) is 3.34. The van der Waals surface area contributed by atoms with E-state index in [1.807, 2.05) is 42.2 Å². The van der Waals surface area contributed by atoms with Crippen LogP contribution in [-0.4, -0.2) is 27.3 Å². The minimum Gasteiger partial charge on any atom is -0.383 e. The maximum atomic E-state index is 12.5. The lowest BCUT2D eigenvalue weighted by molar-refractivity contribution is -0.126. The van der Waals surface area contributed by atoms with E-state index in [9.17, 15) is 4.79 Å². The monoisotopic (exact) mass is 350 g/mol. The molecule has 0 atom stereocenters. The van der Waals surface area contributed by atoms with Gasteiger partial charge in [0.25, 0.3) is 0 Å². The Morgan fingerprint density at radius 2 is 2.08 bits per heavy atom. The van der Waals surface area contributed by atoms with Crippen molar-refractivity contribution in [1.29, 1.82) is 0 Å². The summed E-state index contributed by atoms with van der Waals surface area (Å²) in [6, 6.07) is 8.11. The van der Waals surface area contributed by atoms with Gasteiger partial charge in [-0.05, 0) is 30.5 Å². The molecule has 0 saturated carbocycles. The minimum atomic E-state index is 0.0303. The third-order valence-electron chi connectivity index (χ3n) is 4.47. The van der Waals surface area contributed by atoms with E-state index >= 15 is 0 Å². The number of thiophene rings is 1. The summed E-state index contributed by atoms with van der Waals surface area (Å²) in [6.07, 6.45) is 5.80. The van der Waals surface area contributed by atoms with Gasteiger partial charge in [0.1, 0.15) is 17.0 Å². The molecule has 3 heterocycles. The van der Waals surface area contributed by atoms with Crippen LogP contribution in [0, 0.1) is 6.92 Å². The number of fused-ring (bicyclic) bond motifs is 3. The van der Waals surface area contributed by atoms with Gasteiger partial charge in [0.05, 0.1) is 11.9 Å². The third kappa shape index (κ3) is 3.00. The topological polar surface area (TPSA) is 72.1 Å². The van der Waals surface area contributed by atoms with Gasteiger partial charge >= 0.3 is 0 Å². The lowest BCUT2D eigenvalue weighted by atomic mass is 10.0. The molecule has 1 aromatic carbocycles. The van der Waals surface area contributed by atoms with Gasteiger partial charge in [0.15, 0.2) is 0 Å². The van der Waals surface area contributed by atoms with E-state index in [1.165, 1.54) is 17.5 Å². The van der Waals surface area contributed by atoms with E-state index in [-0.39, 0.29) is 5.91 Å². The fourth-order valence-electron chi connectivity index (χ4n) is 3.09. The van der Waals surface area contributed by atoms with E-state index in [4.69, 9.17) is 5.73 Å². The molecule has 6 heteroatoms. The Labute approximate surface area is 149 Å². The van der Waals surface area contributed by atoms with Crippen molar-refractivity contribution in [1.82, 2.24) is 14.9 Å².